The van der Waals surface area contributed by atoms with Crippen molar-refractivity contribution < 1.29 is 9.90 Å². The van der Waals surface area contributed by atoms with Crippen LogP contribution in [0.25, 0.3) is 4.96 Å². The van der Waals surface area contributed by atoms with Crippen LogP contribution < -0.4 is 0 Å². The summed E-state index contributed by atoms with van der Waals surface area (Å²) in [5.74, 6) is -0.0731. The van der Waals surface area contributed by atoms with Crippen molar-refractivity contribution in [1.29, 1.82) is 0 Å². The van der Waals surface area contributed by atoms with E-state index in [2.05, 4.69) is 9.97 Å². The van der Waals surface area contributed by atoms with E-state index < -0.39 is 5.97 Å². The number of nitrogens with zero attached hydrogens (tertiary/aromatic N) is 3. The van der Waals surface area contributed by atoms with Crippen molar-refractivity contribution in [1.82, 2.24) is 14.4 Å². The zero-order valence-corrected chi connectivity index (χ0v) is 13.0. The molecule has 3 aromatic rings. The van der Waals surface area contributed by atoms with Gasteiger partial charge in [-0.2, -0.15) is 0 Å². The van der Waals surface area contributed by atoms with Crippen LogP contribution in [0.4, 0.5) is 0 Å². The van der Waals surface area contributed by atoms with Crippen molar-refractivity contribution in [3.05, 3.63) is 34.0 Å². The van der Waals surface area contributed by atoms with Crippen LogP contribution in [0.2, 0.25) is 0 Å². The summed E-state index contributed by atoms with van der Waals surface area (Å²) in [5, 5.41) is 10.8. The van der Waals surface area contributed by atoms with E-state index in [4.69, 9.17) is 5.11 Å². The molecular formula is C12H11N3O2S3. The highest BCUT2D eigenvalue weighted by molar-refractivity contribution is 8.00. The van der Waals surface area contributed by atoms with E-state index in [1.807, 2.05) is 29.1 Å². The fraction of sp³-hybridized carbons (Fsp3) is 0.250. The standard InChI is InChI=1S/C12H11N3O2S3/c1-7-9(4-10(16)17)20-12(13-7)19-6-8-5-15-2-3-18-11(15)14-8/h2-3,5H,4,6H2,1H3,(H,16,17). The minimum absolute atomic E-state index is 0.0459. The lowest BCUT2D eigenvalue weighted by atomic mass is 10.3. The second-order valence-corrected chi connectivity index (χ2v) is 7.35. The van der Waals surface area contributed by atoms with Crippen LogP contribution in [-0.4, -0.2) is 25.4 Å². The minimum atomic E-state index is -0.817. The molecule has 5 nitrogen and oxygen atoms in total. The zero-order valence-electron chi connectivity index (χ0n) is 10.6. The van der Waals surface area contributed by atoms with E-state index in [0.717, 1.165) is 31.3 Å². The Kier molecular flexibility index (Phi) is 3.77. The Morgan fingerprint density at radius 3 is 3.10 bits per heavy atom. The second-order valence-electron chi connectivity index (χ2n) is 4.17. The maximum Gasteiger partial charge on any atom is 0.308 e. The minimum Gasteiger partial charge on any atom is -0.481 e. The van der Waals surface area contributed by atoms with Gasteiger partial charge in [0.2, 0.25) is 0 Å². The van der Waals surface area contributed by atoms with Gasteiger partial charge in [0.25, 0.3) is 0 Å². The Morgan fingerprint density at radius 2 is 2.35 bits per heavy atom. The molecule has 3 aromatic heterocycles. The largest absolute Gasteiger partial charge is 0.481 e. The summed E-state index contributed by atoms with van der Waals surface area (Å²) in [5.41, 5.74) is 1.82. The van der Waals surface area contributed by atoms with Gasteiger partial charge in [-0.25, -0.2) is 9.97 Å². The molecule has 3 heterocycles. The molecular weight excluding hydrogens is 314 g/mol. The molecule has 0 aliphatic heterocycles. The zero-order chi connectivity index (χ0) is 14.1. The number of carboxylic acids is 1. The van der Waals surface area contributed by atoms with Crippen LogP contribution in [0.5, 0.6) is 0 Å². The molecule has 0 fully saturated rings. The van der Waals surface area contributed by atoms with Gasteiger partial charge < -0.3 is 5.11 Å². The first-order valence-corrected chi connectivity index (χ1v) is 8.52. The van der Waals surface area contributed by atoms with E-state index >= 15 is 0 Å². The molecule has 1 N–H and O–H groups in total. The van der Waals surface area contributed by atoms with Crippen molar-refractivity contribution in [2.24, 2.45) is 0 Å². The van der Waals surface area contributed by atoms with Crippen molar-refractivity contribution in [3.63, 3.8) is 0 Å². The maximum absolute atomic E-state index is 10.7. The van der Waals surface area contributed by atoms with Gasteiger partial charge in [-0.05, 0) is 6.92 Å². The van der Waals surface area contributed by atoms with E-state index in [1.54, 1.807) is 23.1 Å². The number of fused-ring (bicyclic) bond motifs is 1. The molecule has 0 saturated carbocycles. The lowest BCUT2D eigenvalue weighted by Crippen LogP contribution is -1.99. The number of rotatable bonds is 5. The smallest absolute Gasteiger partial charge is 0.308 e. The molecule has 0 amide bonds. The van der Waals surface area contributed by atoms with Gasteiger partial charge in [0.05, 0.1) is 17.8 Å². The predicted octanol–water partition coefficient (Wildman–Crippen LogP) is 3.08. The Hall–Kier alpha value is -1.38. The third kappa shape index (κ3) is 2.87. The van der Waals surface area contributed by atoms with Gasteiger partial charge >= 0.3 is 5.97 Å². The lowest BCUT2D eigenvalue weighted by molar-refractivity contribution is -0.136. The number of thioether (sulfide) groups is 1. The highest BCUT2D eigenvalue weighted by Crippen LogP contribution is 2.30. The number of hydrogen-bond donors (Lipinski definition) is 1. The number of imidazole rings is 1. The van der Waals surface area contributed by atoms with Crippen molar-refractivity contribution in [2.75, 3.05) is 0 Å². The molecule has 20 heavy (non-hydrogen) atoms. The first-order chi connectivity index (χ1) is 9.61. The van der Waals surface area contributed by atoms with Crippen molar-refractivity contribution in [3.8, 4) is 0 Å². The summed E-state index contributed by atoms with van der Waals surface area (Å²) < 4.78 is 2.90. The Morgan fingerprint density at radius 1 is 1.50 bits per heavy atom. The van der Waals surface area contributed by atoms with Crippen LogP contribution in [0, 0.1) is 6.92 Å². The fourth-order valence-corrected chi connectivity index (χ4v) is 4.57. The van der Waals surface area contributed by atoms with Gasteiger partial charge in [0, 0.05) is 28.4 Å². The number of aliphatic carboxylic acids is 1. The topological polar surface area (TPSA) is 67.5 Å². The molecule has 0 aromatic carbocycles. The first kappa shape index (κ1) is 13.6. The van der Waals surface area contributed by atoms with Crippen LogP contribution in [0.15, 0.2) is 22.1 Å². The molecule has 104 valence electrons. The Balaban J connectivity index is 1.68. The molecule has 8 heteroatoms. The molecule has 3 rings (SSSR count). The molecule has 0 atom stereocenters. The van der Waals surface area contributed by atoms with Gasteiger partial charge in [-0.1, -0.05) is 11.8 Å². The maximum atomic E-state index is 10.7. The van der Waals surface area contributed by atoms with E-state index in [-0.39, 0.29) is 6.42 Å². The highest BCUT2D eigenvalue weighted by atomic mass is 32.2. The summed E-state index contributed by atoms with van der Waals surface area (Å²) in [7, 11) is 0. The number of thiazole rings is 2. The van der Waals surface area contributed by atoms with E-state index in [1.165, 1.54) is 11.3 Å². The highest BCUT2D eigenvalue weighted by Gasteiger charge is 2.12. The Bertz CT molecular complexity index is 731. The summed E-state index contributed by atoms with van der Waals surface area (Å²) in [6.07, 6.45) is 4.04. The normalized spacial score (nSPS) is 11.2. The Labute approximate surface area is 127 Å². The van der Waals surface area contributed by atoms with Gasteiger partial charge in [-0.15, -0.1) is 22.7 Å². The molecule has 0 radical (unpaired) electrons. The summed E-state index contributed by atoms with van der Waals surface area (Å²) in [4.78, 5) is 21.5. The average molecular weight is 325 g/mol. The van der Waals surface area contributed by atoms with Crippen LogP contribution in [0.1, 0.15) is 16.3 Å². The molecule has 0 saturated heterocycles. The lowest BCUT2D eigenvalue weighted by Gasteiger charge is -1.92. The summed E-state index contributed by atoms with van der Waals surface area (Å²) in [6.45, 7) is 1.85. The second kappa shape index (κ2) is 5.55. The average Bonchev–Trinajstić information content (AvgIpc) is 3.01. The van der Waals surface area contributed by atoms with Crippen LogP contribution >= 0.6 is 34.4 Å². The number of aromatic nitrogens is 3. The predicted molar refractivity (Wildman–Crippen MR) is 80.8 cm³/mol. The van der Waals surface area contributed by atoms with E-state index in [0.29, 0.717) is 0 Å². The fourth-order valence-electron chi connectivity index (χ4n) is 1.75. The van der Waals surface area contributed by atoms with Gasteiger partial charge in [-0.3, -0.25) is 9.20 Å². The molecule has 0 aliphatic rings. The van der Waals surface area contributed by atoms with Crippen molar-refractivity contribution in [2.45, 2.75) is 23.4 Å². The van der Waals surface area contributed by atoms with Gasteiger partial charge in [0.1, 0.15) is 0 Å². The SMILES string of the molecule is Cc1nc(SCc2cn3ccsc3n2)sc1CC(=O)O. The number of aryl methyl sites for hydroxylation is 1. The molecule has 0 bridgehead atoms. The molecule has 0 aliphatic carbocycles. The first-order valence-electron chi connectivity index (χ1n) is 5.84. The monoisotopic (exact) mass is 325 g/mol. The summed E-state index contributed by atoms with van der Waals surface area (Å²) in [6, 6.07) is 0. The van der Waals surface area contributed by atoms with Crippen LogP contribution in [0.3, 0.4) is 0 Å². The summed E-state index contributed by atoms with van der Waals surface area (Å²) >= 11 is 4.66. The number of hydrogen-bond acceptors (Lipinski definition) is 6. The van der Waals surface area contributed by atoms with Gasteiger partial charge in [0.15, 0.2) is 9.30 Å². The van der Waals surface area contributed by atoms with Crippen molar-refractivity contribution >= 4 is 45.4 Å². The third-order valence-electron chi connectivity index (χ3n) is 2.67. The quantitative estimate of drug-likeness (QED) is 0.730. The number of carbonyl (C=O) groups is 1. The van der Waals surface area contributed by atoms with Crippen LogP contribution in [-0.2, 0) is 17.0 Å². The molecule has 0 spiro atoms. The third-order valence-corrected chi connectivity index (χ3v) is 5.78. The number of carboxylic acid groups (broad SMARTS) is 1. The molecule has 0 unspecified atom stereocenters. The van der Waals surface area contributed by atoms with E-state index in [9.17, 15) is 4.79 Å².